The summed E-state index contributed by atoms with van der Waals surface area (Å²) in [5.41, 5.74) is 4.57. The molecule has 0 amide bonds. The lowest BCUT2D eigenvalue weighted by Crippen LogP contribution is -2.01. The summed E-state index contributed by atoms with van der Waals surface area (Å²) in [4.78, 5) is 3.97. The largest absolute Gasteiger partial charge is 0.497 e. The van der Waals surface area contributed by atoms with Crippen molar-refractivity contribution in [3.63, 3.8) is 0 Å². The van der Waals surface area contributed by atoms with E-state index in [0.29, 0.717) is 10.7 Å². The van der Waals surface area contributed by atoms with E-state index in [1.807, 2.05) is 31.2 Å². The smallest absolute Gasteiger partial charge is 0.238 e. The van der Waals surface area contributed by atoms with Gasteiger partial charge >= 0.3 is 0 Å². The Bertz CT molecular complexity index is 616. The molecule has 3 N–H and O–H groups in total. The standard InChI is InChI=1S/C11H13N5OS/c1-7(8-4-3-5-9(6-8)17-2)13-14-10-12-11(18)16-15-10/h3-6H,1-2H3,(H3,12,14,15,16,18)/b13-7+. The first-order chi connectivity index (χ1) is 8.69. The van der Waals surface area contributed by atoms with Gasteiger partial charge in [-0.15, -0.1) is 0 Å². The molecular weight excluding hydrogens is 250 g/mol. The van der Waals surface area contributed by atoms with Crippen molar-refractivity contribution < 1.29 is 4.74 Å². The van der Waals surface area contributed by atoms with E-state index >= 15 is 0 Å². The van der Waals surface area contributed by atoms with E-state index in [-0.39, 0.29) is 0 Å². The zero-order valence-corrected chi connectivity index (χ0v) is 10.8. The fourth-order valence-corrected chi connectivity index (χ4v) is 1.51. The number of anilines is 1. The van der Waals surface area contributed by atoms with Crippen molar-refractivity contribution in [3.8, 4) is 5.75 Å². The highest BCUT2D eigenvalue weighted by molar-refractivity contribution is 7.71. The van der Waals surface area contributed by atoms with Crippen molar-refractivity contribution >= 4 is 23.9 Å². The van der Waals surface area contributed by atoms with E-state index in [2.05, 4.69) is 25.7 Å². The highest BCUT2D eigenvalue weighted by Gasteiger charge is 2.00. The molecule has 0 saturated carbocycles. The Morgan fingerprint density at radius 2 is 2.28 bits per heavy atom. The van der Waals surface area contributed by atoms with Crippen molar-refractivity contribution in [2.75, 3.05) is 12.5 Å². The van der Waals surface area contributed by atoms with Gasteiger partial charge in [-0.2, -0.15) is 10.1 Å². The molecule has 2 rings (SSSR count). The van der Waals surface area contributed by atoms with Gasteiger partial charge in [0.1, 0.15) is 5.75 Å². The molecule has 0 unspecified atom stereocenters. The third-order valence-electron chi connectivity index (χ3n) is 2.32. The molecule has 94 valence electrons. The van der Waals surface area contributed by atoms with Gasteiger partial charge in [-0.25, -0.2) is 5.43 Å². The number of nitrogens with zero attached hydrogens (tertiary/aromatic N) is 2. The summed E-state index contributed by atoms with van der Waals surface area (Å²) >= 11 is 4.84. The number of hydrogen-bond acceptors (Lipinski definition) is 5. The van der Waals surface area contributed by atoms with E-state index in [0.717, 1.165) is 17.0 Å². The molecule has 0 aliphatic rings. The number of hydrogen-bond donors (Lipinski definition) is 3. The summed E-state index contributed by atoms with van der Waals surface area (Å²) in [6.45, 7) is 1.89. The summed E-state index contributed by atoms with van der Waals surface area (Å²) in [5, 5.41) is 9.63. The zero-order valence-electron chi connectivity index (χ0n) is 10.0. The van der Waals surface area contributed by atoms with Crippen LogP contribution in [-0.2, 0) is 0 Å². The van der Waals surface area contributed by atoms with Crippen LogP contribution < -0.4 is 10.2 Å². The molecule has 1 aromatic carbocycles. The van der Waals surface area contributed by atoms with Gasteiger partial charge in [-0.05, 0) is 31.3 Å². The minimum Gasteiger partial charge on any atom is -0.497 e. The van der Waals surface area contributed by atoms with Crippen LogP contribution in [0.5, 0.6) is 5.75 Å². The summed E-state index contributed by atoms with van der Waals surface area (Å²) < 4.78 is 5.54. The van der Waals surface area contributed by atoms with Crippen molar-refractivity contribution in [2.45, 2.75) is 6.92 Å². The molecule has 0 radical (unpaired) electrons. The minimum atomic E-state index is 0.381. The lowest BCUT2D eigenvalue weighted by molar-refractivity contribution is 0.414. The average molecular weight is 263 g/mol. The fraction of sp³-hybridized carbons (Fsp3) is 0.182. The van der Waals surface area contributed by atoms with Crippen molar-refractivity contribution in [3.05, 3.63) is 34.6 Å². The molecule has 0 atom stereocenters. The average Bonchev–Trinajstić information content (AvgIpc) is 2.82. The first kappa shape index (κ1) is 12.3. The highest BCUT2D eigenvalue weighted by Crippen LogP contribution is 2.13. The second-order valence-corrected chi connectivity index (χ2v) is 3.94. The van der Waals surface area contributed by atoms with Crippen LogP contribution in [0.15, 0.2) is 29.4 Å². The van der Waals surface area contributed by atoms with Gasteiger partial charge in [-0.1, -0.05) is 12.1 Å². The Hall–Kier alpha value is -2.15. The Labute approximate surface area is 109 Å². The Morgan fingerprint density at radius 3 is 2.94 bits per heavy atom. The molecule has 0 spiro atoms. The summed E-state index contributed by atoms with van der Waals surface area (Å²) in [7, 11) is 1.63. The van der Waals surface area contributed by atoms with Crippen molar-refractivity contribution in [1.29, 1.82) is 0 Å². The minimum absolute atomic E-state index is 0.381. The van der Waals surface area contributed by atoms with Crippen LogP contribution in [0.2, 0.25) is 0 Å². The van der Waals surface area contributed by atoms with E-state index in [9.17, 15) is 0 Å². The number of H-pyrrole nitrogens is 2. The molecule has 0 saturated heterocycles. The number of hydrazone groups is 1. The normalized spacial score (nSPS) is 11.3. The molecule has 0 fully saturated rings. The van der Waals surface area contributed by atoms with Crippen LogP contribution in [0.4, 0.5) is 5.95 Å². The van der Waals surface area contributed by atoms with Crippen LogP contribution >= 0.6 is 12.2 Å². The molecule has 2 aromatic rings. The molecular formula is C11H13N5OS. The van der Waals surface area contributed by atoms with Crippen LogP contribution in [0.1, 0.15) is 12.5 Å². The molecule has 7 heteroatoms. The van der Waals surface area contributed by atoms with E-state index < -0.39 is 0 Å². The maximum Gasteiger partial charge on any atom is 0.238 e. The number of nitrogens with one attached hydrogen (secondary N) is 3. The van der Waals surface area contributed by atoms with Crippen LogP contribution in [-0.4, -0.2) is 28.0 Å². The van der Waals surface area contributed by atoms with E-state index in [1.165, 1.54) is 0 Å². The van der Waals surface area contributed by atoms with Gasteiger partial charge in [0.15, 0.2) is 0 Å². The number of rotatable bonds is 4. The molecule has 1 heterocycles. The number of methoxy groups -OCH3 is 1. The predicted octanol–water partition coefficient (Wildman–Crippen LogP) is 2.31. The molecule has 0 bridgehead atoms. The van der Waals surface area contributed by atoms with Gasteiger partial charge in [0.25, 0.3) is 0 Å². The van der Waals surface area contributed by atoms with Gasteiger partial charge in [0.2, 0.25) is 10.7 Å². The lowest BCUT2D eigenvalue weighted by atomic mass is 10.1. The molecule has 0 aliphatic carbocycles. The van der Waals surface area contributed by atoms with Gasteiger partial charge in [0.05, 0.1) is 12.8 Å². The number of benzene rings is 1. The van der Waals surface area contributed by atoms with Crippen molar-refractivity contribution in [1.82, 2.24) is 15.2 Å². The topological polar surface area (TPSA) is 78.1 Å². The Balaban J connectivity index is 2.14. The highest BCUT2D eigenvalue weighted by atomic mass is 32.1. The Morgan fingerprint density at radius 1 is 1.44 bits per heavy atom. The number of aromatic amines is 2. The number of ether oxygens (including phenoxy) is 1. The van der Waals surface area contributed by atoms with Crippen LogP contribution in [0.25, 0.3) is 0 Å². The second-order valence-electron chi connectivity index (χ2n) is 3.56. The first-order valence-electron chi connectivity index (χ1n) is 5.28. The van der Waals surface area contributed by atoms with E-state index in [1.54, 1.807) is 7.11 Å². The van der Waals surface area contributed by atoms with Crippen LogP contribution in [0, 0.1) is 4.77 Å². The van der Waals surface area contributed by atoms with E-state index in [4.69, 9.17) is 17.0 Å². The zero-order chi connectivity index (χ0) is 13.0. The SMILES string of the molecule is COc1cccc(/C(C)=N/Nc2nc(=S)[nH][nH]2)c1. The third-order valence-corrected chi connectivity index (χ3v) is 2.51. The monoisotopic (exact) mass is 263 g/mol. The summed E-state index contributed by atoms with van der Waals surface area (Å²) in [6.07, 6.45) is 0. The molecule has 6 nitrogen and oxygen atoms in total. The number of aromatic nitrogens is 3. The molecule has 1 aromatic heterocycles. The van der Waals surface area contributed by atoms with Gasteiger partial charge in [0, 0.05) is 5.56 Å². The first-order valence-corrected chi connectivity index (χ1v) is 5.69. The summed E-state index contributed by atoms with van der Waals surface area (Å²) in [6, 6.07) is 7.66. The maximum atomic E-state index is 5.16. The van der Waals surface area contributed by atoms with Crippen LogP contribution in [0.3, 0.4) is 0 Å². The second kappa shape index (κ2) is 5.46. The molecule has 0 aliphatic heterocycles. The summed E-state index contributed by atoms with van der Waals surface area (Å²) in [5.74, 6) is 1.27. The quantitative estimate of drug-likeness (QED) is 0.449. The van der Waals surface area contributed by atoms with Gasteiger partial charge in [-0.3, -0.25) is 10.2 Å². The van der Waals surface area contributed by atoms with Crippen molar-refractivity contribution in [2.24, 2.45) is 5.10 Å². The molecule has 18 heavy (non-hydrogen) atoms. The predicted molar refractivity (Wildman–Crippen MR) is 72.6 cm³/mol. The fourth-order valence-electron chi connectivity index (χ4n) is 1.37. The Kier molecular flexibility index (Phi) is 3.73. The third kappa shape index (κ3) is 2.95. The maximum absolute atomic E-state index is 5.16. The van der Waals surface area contributed by atoms with Gasteiger partial charge < -0.3 is 4.74 Å². The lowest BCUT2D eigenvalue weighted by Gasteiger charge is -2.04.